The van der Waals surface area contributed by atoms with Gasteiger partial charge in [-0.05, 0) is 99.0 Å². The molecule has 9 rings (SSSR count). The minimum absolute atomic E-state index is 0.0826. The molecule has 0 radical (unpaired) electrons. The minimum Gasteiger partial charge on any atom is -0.456 e. The lowest BCUT2D eigenvalue weighted by Gasteiger charge is -2.26. The van der Waals surface area contributed by atoms with Crippen LogP contribution in [0.5, 0.6) is 0 Å². The summed E-state index contributed by atoms with van der Waals surface area (Å²) in [6.07, 6.45) is 0. The Morgan fingerprint density at radius 2 is 0.740 bits per heavy atom. The summed E-state index contributed by atoms with van der Waals surface area (Å²) < 4.78 is 80.8. The molecule has 0 amide bonds. The van der Waals surface area contributed by atoms with E-state index in [0.717, 1.165) is 33.0 Å². The first-order valence-electron chi connectivity index (χ1n) is 20.4. The lowest BCUT2D eigenvalue weighted by atomic mass is 10.00. The monoisotopic (exact) mass is 647 g/mol. The van der Waals surface area contributed by atoms with Gasteiger partial charge in [0.15, 0.2) is 0 Å². The highest BCUT2D eigenvalue weighted by Crippen LogP contribution is 2.39. The molecule has 1 heterocycles. The average molecular weight is 648 g/mol. The van der Waals surface area contributed by atoms with Crippen molar-refractivity contribution in [1.82, 2.24) is 0 Å². The summed E-state index contributed by atoms with van der Waals surface area (Å²) in [6, 6.07) is 43.9. The summed E-state index contributed by atoms with van der Waals surface area (Å²) in [4.78, 5) is 1.33. The van der Waals surface area contributed by atoms with Gasteiger partial charge >= 0.3 is 0 Å². The summed E-state index contributed by atoms with van der Waals surface area (Å²) in [6.45, 7) is 0. The molecule has 0 aliphatic heterocycles. The molecule has 8 aromatic carbocycles. The number of nitrogens with zero attached hydrogens (tertiary/aromatic N) is 1. The largest absolute Gasteiger partial charge is 0.456 e. The standard InChI is InChI=1S/C48H33NO/c1-3-9-34(10-4-1)36-15-17-37(18-16-36)39-21-28-43(29-22-39)49(42-26-19-38(20-27-42)35-11-5-2-6-12-35)44-30-23-40(24-31-44)41-25-32-48-46(33-41)45-13-7-8-14-47(45)50-48/h1-33H/i21D,22D,23D,24D,28D,29D,30D,31D. The number of fused-ring (bicyclic) bond motifs is 3. The third-order valence-corrected chi connectivity index (χ3v) is 8.85. The summed E-state index contributed by atoms with van der Waals surface area (Å²) in [5.41, 5.74) is 6.15. The molecule has 1 aromatic heterocycles. The number of hydrogen-bond donors (Lipinski definition) is 0. The first-order valence-corrected chi connectivity index (χ1v) is 16.4. The van der Waals surface area contributed by atoms with E-state index in [1.54, 1.807) is 42.5 Å². The fourth-order valence-corrected chi connectivity index (χ4v) is 6.27. The maximum Gasteiger partial charge on any atom is 0.135 e. The van der Waals surface area contributed by atoms with E-state index >= 15 is 0 Å². The van der Waals surface area contributed by atoms with Crippen molar-refractivity contribution in [2.75, 3.05) is 4.90 Å². The highest BCUT2D eigenvalue weighted by molar-refractivity contribution is 6.06. The SMILES string of the molecule is [2H]c1c([2H])c(N(c2ccc(-c3ccccc3)cc2)c2c([2H])c([2H])c(-c3ccc4oc5ccccc5c4c3)c([2H])c2[2H])c([2H])c([2H])c1-c1ccc(-c2ccccc2)cc1. The number of furan rings is 1. The molecule has 50 heavy (non-hydrogen) atoms. The van der Waals surface area contributed by atoms with Gasteiger partial charge in [0.1, 0.15) is 11.2 Å². The predicted molar refractivity (Wildman–Crippen MR) is 210 cm³/mol. The maximum absolute atomic E-state index is 9.44. The fraction of sp³-hybridized carbons (Fsp3) is 0. The summed E-state index contributed by atoms with van der Waals surface area (Å²) in [7, 11) is 0. The Balaban J connectivity index is 1.23. The van der Waals surface area contributed by atoms with Crippen LogP contribution >= 0.6 is 0 Å². The lowest BCUT2D eigenvalue weighted by Crippen LogP contribution is -2.09. The van der Waals surface area contributed by atoms with Gasteiger partial charge in [-0.1, -0.05) is 145 Å². The van der Waals surface area contributed by atoms with Crippen LogP contribution in [0.3, 0.4) is 0 Å². The Morgan fingerprint density at radius 3 is 1.32 bits per heavy atom. The second-order valence-corrected chi connectivity index (χ2v) is 11.9. The van der Waals surface area contributed by atoms with Crippen LogP contribution in [0.1, 0.15) is 11.0 Å². The molecule has 2 nitrogen and oxygen atoms in total. The number of hydrogen-bond acceptors (Lipinski definition) is 2. The van der Waals surface area contributed by atoms with E-state index in [4.69, 9.17) is 4.42 Å². The Labute approximate surface area is 303 Å². The van der Waals surface area contributed by atoms with Crippen LogP contribution in [0.4, 0.5) is 17.1 Å². The first kappa shape index (κ1) is 22.1. The van der Waals surface area contributed by atoms with Crippen molar-refractivity contribution in [3.63, 3.8) is 0 Å². The van der Waals surface area contributed by atoms with Crippen molar-refractivity contribution in [3.05, 3.63) is 200 Å². The molecular weight excluding hydrogens is 607 g/mol. The summed E-state index contributed by atoms with van der Waals surface area (Å²) in [5.74, 6) is 0. The highest BCUT2D eigenvalue weighted by atomic mass is 16.3. The van der Waals surface area contributed by atoms with Gasteiger partial charge in [0.05, 0.1) is 11.0 Å². The second-order valence-electron chi connectivity index (χ2n) is 11.9. The fourth-order valence-electron chi connectivity index (χ4n) is 6.27. The summed E-state index contributed by atoms with van der Waals surface area (Å²) in [5, 5.41) is 1.63. The molecule has 0 N–H and O–H groups in total. The molecule has 0 atom stereocenters. The molecule has 236 valence electrons. The molecule has 2 heteroatoms. The van der Waals surface area contributed by atoms with Crippen LogP contribution in [0.25, 0.3) is 66.4 Å². The Morgan fingerprint density at radius 1 is 0.320 bits per heavy atom. The van der Waals surface area contributed by atoms with E-state index in [1.165, 1.54) is 4.90 Å². The van der Waals surface area contributed by atoms with Gasteiger partial charge in [0.2, 0.25) is 0 Å². The molecule has 9 aromatic rings. The van der Waals surface area contributed by atoms with Gasteiger partial charge in [-0.25, -0.2) is 0 Å². The van der Waals surface area contributed by atoms with Gasteiger partial charge in [-0.2, -0.15) is 0 Å². The molecule has 0 aliphatic rings. The Hall–Kier alpha value is -6.64. The van der Waals surface area contributed by atoms with Crippen molar-refractivity contribution in [1.29, 1.82) is 0 Å². The number of para-hydroxylation sites is 1. The number of rotatable bonds is 7. The minimum atomic E-state index is -0.405. The van der Waals surface area contributed by atoms with Crippen LogP contribution in [-0.4, -0.2) is 0 Å². The first-order chi connectivity index (χ1) is 28.1. The van der Waals surface area contributed by atoms with Crippen LogP contribution in [0.2, 0.25) is 0 Å². The molecule has 0 fully saturated rings. The molecule has 0 saturated heterocycles. The van der Waals surface area contributed by atoms with E-state index < -0.39 is 24.2 Å². The van der Waals surface area contributed by atoms with E-state index in [0.29, 0.717) is 28.0 Å². The molecule has 0 saturated carbocycles. The molecule has 0 bridgehead atoms. The third kappa shape index (κ3) is 5.63. The zero-order valence-corrected chi connectivity index (χ0v) is 26.8. The van der Waals surface area contributed by atoms with Crippen molar-refractivity contribution in [3.8, 4) is 44.5 Å². The average Bonchev–Trinajstić information content (AvgIpc) is 3.64. The molecule has 0 unspecified atom stereocenters. The third-order valence-electron chi connectivity index (χ3n) is 8.85. The van der Waals surface area contributed by atoms with Crippen molar-refractivity contribution in [2.24, 2.45) is 0 Å². The lowest BCUT2D eigenvalue weighted by molar-refractivity contribution is 0.669. The number of anilines is 3. The van der Waals surface area contributed by atoms with E-state index in [2.05, 4.69) is 0 Å². The van der Waals surface area contributed by atoms with Crippen molar-refractivity contribution < 1.29 is 15.4 Å². The Kier molecular flexibility index (Phi) is 5.63. The normalized spacial score (nSPS) is 13.4. The predicted octanol–water partition coefficient (Wildman–Crippen LogP) is 13.7. The van der Waals surface area contributed by atoms with Crippen molar-refractivity contribution in [2.45, 2.75) is 0 Å². The molecular formula is C48H33NO. The van der Waals surface area contributed by atoms with Crippen LogP contribution in [0.15, 0.2) is 204 Å². The maximum atomic E-state index is 9.44. The van der Waals surface area contributed by atoms with Crippen LogP contribution in [0, 0.1) is 0 Å². The summed E-state index contributed by atoms with van der Waals surface area (Å²) >= 11 is 0. The Bertz CT molecular complexity index is 2960. The van der Waals surface area contributed by atoms with Crippen LogP contribution < -0.4 is 4.90 Å². The van der Waals surface area contributed by atoms with Gasteiger partial charge in [0, 0.05) is 27.8 Å². The molecule has 0 aliphatic carbocycles. The van der Waals surface area contributed by atoms with E-state index in [9.17, 15) is 11.0 Å². The highest BCUT2D eigenvalue weighted by Gasteiger charge is 2.15. The molecule has 0 spiro atoms. The van der Waals surface area contributed by atoms with Crippen LogP contribution in [-0.2, 0) is 0 Å². The van der Waals surface area contributed by atoms with Crippen molar-refractivity contribution >= 4 is 39.0 Å². The smallest absolute Gasteiger partial charge is 0.135 e. The number of benzene rings is 8. The van der Waals surface area contributed by atoms with Gasteiger partial charge in [0.25, 0.3) is 0 Å². The quantitative estimate of drug-likeness (QED) is 0.171. The zero-order valence-electron chi connectivity index (χ0n) is 34.8. The van der Waals surface area contributed by atoms with Gasteiger partial charge < -0.3 is 9.32 Å². The zero-order chi connectivity index (χ0) is 40.2. The topological polar surface area (TPSA) is 16.4 Å². The van der Waals surface area contributed by atoms with E-state index in [-0.39, 0.29) is 46.7 Å². The van der Waals surface area contributed by atoms with Gasteiger partial charge in [-0.15, -0.1) is 0 Å². The second kappa shape index (κ2) is 12.8. The van der Waals surface area contributed by atoms with E-state index in [1.807, 2.05) is 109 Å². The van der Waals surface area contributed by atoms with Gasteiger partial charge in [-0.3, -0.25) is 0 Å².